The third-order valence-corrected chi connectivity index (χ3v) is 5.73. The summed E-state index contributed by atoms with van der Waals surface area (Å²) in [5, 5.41) is 8.07. The highest BCUT2D eigenvalue weighted by Gasteiger charge is 2.26. The van der Waals surface area contributed by atoms with Gasteiger partial charge in [-0.2, -0.15) is 10.1 Å². The summed E-state index contributed by atoms with van der Waals surface area (Å²) in [6.45, 7) is 6.00. The van der Waals surface area contributed by atoms with Crippen LogP contribution >= 0.6 is 0 Å². The van der Waals surface area contributed by atoms with Gasteiger partial charge in [0.25, 0.3) is 11.5 Å². The van der Waals surface area contributed by atoms with E-state index in [-0.39, 0.29) is 34.8 Å². The van der Waals surface area contributed by atoms with Crippen LogP contribution in [0.15, 0.2) is 35.4 Å². The molecule has 9 heteroatoms. The summed E-state index contributed by atoms with van der Waals surface area (Å²) in [6, 6.07) is 5.36. The van der Waals surface area contributed by atoms with E-state index in [0.717, 1.165) is 44.4 Å². The summed E-state index contributed by atoms with van der Waals surface area (Å²) in [6.07, 6.45) is 6.46. The number of fused-ring (bicyclic) bond motifs is 1. The normalized spacial score (nSPS) is 18.4. The fraction of sp³-hybridized carbons (Fsp3) is 0.478. The zero-order valence-corrected chi connectivity index (χ0v) is 18.3. The Labute approximate surface area is 185 Å². The molecule has 1 saturated carbocycles. The Morgan fingerprint density at radius 3 is 2.91 bits per heavy atom. The van der Waals surface area contributed by atoms with Gasteiger partial charge in [-0.1, -0.05) is 0 Å². The van der Waals surface area contributed by atoms with Crippen LogP contribution in [0, 0.1) is 5.92 Å². The molecule has 1 aliphatic carbocycles. The number of pyridine rings is 2. The summed E-state index contributed by atoms with van der Waals surface area (Å²) in [5.41, 5.74) is 0.843. The molecule has 2 aliphatic rings. The Bertz CT molecular complexity index is 1200. The molecule has 0 spiro atoms. The van der Waals surface area contributed by atoms with Crippen LogP contribution in [0.4, 0.5) is 5.69 Å². The summed E-state index contributed by atoms with van der Waals surface area (Å²) < 4.78 is 14.8. The molecule has 0 aromatic carbocycles. The molecule has 0 radical (unpaired) electrons. The molecule has 9 nitrogen and oxygen atoms in total. The SMILES string of the molecule is CC(C)Oc1nc2nn(C[C@@H]3CCOC3)cc2cc1C(=O)Nc1cccn(C2CC2)c1=O. The molecule has 32 heavy (non-hydrogen) atoms. The molecule has 4 heterocycles. The second-order valence-electron chi connectivity index (χ2n) is 8.82. The van der Waals surface area contributed by atoms with E-state index >= 15 is 0 Å². The van der Waals surface area contributed by atoms with Crippen molar-refractivity contribution in [1.82, 2.24) is 19.3 Å². The summed E-state index contributed by atoms with van der Waals surface area (Å²) in [4.78, 5) is 30.4. The van der Waals surface area contributed by atoms with Gasteiger partial charge in [-0.15, -0.1) is 0 Å². The van der Waals surface area contributed by atoms with Crippen LogP contribution in [0.3, 0.4) is 0 Å². The third kappa shape index (κ3) is 4.25. The largest absolute Gasteiger partial charge is 0.474 e. The van der Waals surface area contributed by atoms with Crippen LogP contribution in [0.1, 0.15) is 49.5 Å². The van der Waals surface area contributed by atoms with Crippen LogP contribution in [-0.4, -0.2) is 44.6 Å². The van der Waals surface area contributed by atoms with E-state index in [1.54, 1.807) is 29.0 Å². The van der Waals surface area contributed by atoms with Gasteiger partial charge in [0.15, 0.2) is 5.65 Å². The molecule has 5 rings (SSSR count). The van der Waals surface area contributed by atoms with Gasteiger partial charge in [0.2, 0.25) is 5.88 Å². The van der Waals surface area contributed by atoms with Crippen molar-refractivity contribution >= 4 is 22.6 Å². The van der Waals surface area contributed by atoms with Gasteiger partial charge >= 0.3 is 0 Å². The van der Waals surface area contributed by atoms with Gasteiger partial charge in [-0.3, -0.25) is 14.3 Å². The van der Waals surface area contributed by atoms with E-state index < -0.39 is 5.91 Å². The fourth-order valence-corrected chi connectivity index (χ4v) is 3.99. The lowest BCUT2D eigenvalue weighted by Crippen LogP contribution is -2.25. The topological polar surface area (TPSA) is 100 Å². The first kappa shape index (κ1) is 20.7. The number of amides is 1. The lowest BCUT2D eigenvalue weighted by Gasteiger charge is -2.13. The first-order valence-electron chi connectivity index (χ1n) is 11.1. The van der Waals surface area contributed by atoms with E-state index in [9.17, 15) is 9.59 Å². The van der Waals surface area contributed by atoms with Crippen LogP contribution in [0.25, 0.3) is 11.0 Å². The van der Waals surface area contributed by atoms with Crippen LogP contribution < -0.4 is 15.6 Å². The monoisotopic (exact) mass is 437 g/mol. The molecule has 0 unspecified atom stereocenters. The zero-order valence-electron chi connectivity index (χ0n) is 18.3. The number of aromatic nitrogens is 4. The Morgan fingerprint density at radius 1 is 1.34 bits per heavy atom. The maximum absolute atomic E-state index is 13.2. The highest BCUT2D eigenvalue weighted by atomic mass is 16.5. The molecule has 1 aliphatic heterocycles. The Hall–Kier alpha value is -3.20. The molecule has 0 bridgehead atoms. The van der Waals surface area contributed by atoms with E-state index in [4.69, 9.17) is 9.47 Å². The Morgan fingerprint density at radius 2 is 2.19 bits per heavy atom. The van der Waals surface area contributed by atoms with Crippen molar-refractivity contribution in [3.8, 4) is 5.88 Å². The van der Waals surface area contributed by atoms with Crippen LogP contribution in [0.2, 0.25) is 0 Å². The van der Waals surface area contributed by atoms with Crippen molar-refractivity contribution in [2.24, 2.45) is 5.92 Å². The second-order valence-corrected chi connectivity index (χ2v) is 8.82. The number of hydrogen-bond acceptors (Lipinski definition) is 6. The quantitative estimate of drug-likeness (QED) is 0.610. The van der Waals surface area contributed by atoms with Gasteiger partial charge in [-0.05, 0) is 51.3 Å². The number of carbonyl (C=O) groups excluding carboxylic acids is 1. The molecule has 1 amide bonds. The van der Waals surface area contributed by atoms with Gasteiger partial charge < -0.3 is 19.4 Å². The molecule has 2 fully saturated rings. The number of nitrogens with zero attached hydrogens (tertiary/aromatic N) is 4. The van der Waals surface area contributed by atoms with Crippen molar-refractivity contribution in [3.05, 3.63) is 46.5 Å². The van der Waals surface area contributed by atoms with Crippen LogP contribution in [-0.2, 0) is 11.3 Å². The van der Waals surface area contributed by atoms with Crippen molar-refractivity contribution < 1.29 is 14.3 Å². The molecule has 1 saturated heterocycles. The maximum atomic E-state index is 13.2. The first-order chi connectivity index (χ1) is 15.5. The number of hydrogen-bond donors (Lipinski definition) is 1. The summed E-state index contributed by atoms with van der Waals surface area (Å²) in [5.74, 6) is 0.195. The molecule has 1 N–H and O–H groups in total. The number of anilines is 1. The number of ether oxygens (including phenoxy) is 2. The standard InChI is InChI=1S/C23H27N5O4/c1-14(2)32-22-18(21(29)24-19-4-3-8-28(23(19)30)17-5-6-17)10-16-12-27(26-20(16)25-22)11-15-7-9-31-13-15/h3-4,8,10,12,14-15,17H,5-7,9,11,13H2,1-2H3,(H,24,29)/t15-/m0/s1. The summed E-state index contributed by atoms with van der Waals surface area (Å²) >= 11 is 0. The van der Waals surface area contributed by atoms with Gasteiger partial charge in [0.05, 0.1) is 12.7 Å². The first-order valence-corrected chi connectivity index (χ1v) is 11.1. The highest BCUT2D eigenvalue weighted by Crippen LogP contribution is 2.33. The molecule has 3 aromatic rings. The van der Waals surface area contributed by atoms with Crippen LogP contribution in [0.5, 0.6) is 5.88 Å². The lowest BCUT2D eigenvalue weighted by atomic mass is 10.1. The summed E-state index contributed by atoms with van der Waals surface area (Å²) in [7, 11) is 0. The maximum Gasteiger partial charge on any atom is 0.274 e. The lowest BCUT2D eigenvalue weighted by molar-refractivity contribution is 0.102. The average Bonchev–Trinajstić information content (AvgIpc) is 3.32. The molecular formula is C23H27N5O4. The Kier molecular flexibility index (Phi) is 5.42. The van der Waals surface area contributed by atoms with Crippen molar-refractivity contribution in [1.29, 1.82) is 0 Å². The Balaban J connectivity index is 1.46. The molecule has 3 aromatic heterocycles. The van der Waals surface area contributed by atoms with Crippen molar-refractivity contribution in [3.63, 3.8) is 0 Å². The average molecular weight is 438 g/mol. The molecule has 1 atom stereocenters. The van der Waals surface area contributed by atoms with Gasteiger partial charge in [0, 0.05) is 42.9 Å². The minimum Gasteiger partial charge on any atom is -0.474 e. The van der Waals surface area contributed by atoms with E-state index in [1.807, 2.05) is 24.7 Å². The fourth-order valence-electron chi connectivity index (χ4n) is 3.99. The second kappa shape index (κ2) is 8.38. The van der Waals surface area contributed by atoms with E-state index in [1.165, 1.54) is 0 Å². The molecule has 168 valence electrons. The number of carbonyl (C=O) groups is 1. The third-order valence-electron chi connectivity index (χ3n) is 5.73. The zero-order chi connectivity index (χ0) is 22.2. The highest BCUT2D eigenvalue weighted by molar-refractivity contribution is 6.07. The van der Waals surface area contributed by atoms with Crippen molar-refractivity contribution in [2.75, 3.05) is 18.5 Å². The van der Waals surface area contributed by atoms with Gasteiger partial charge in [0.1, 0.15) is 11.3 Å². The number of nitrogens with one attached hydrogen (secondary N) is 1. The minimum atomic E-state index is -0.433. The predicted molar refractivity (Wildman–Crippen MR) is 119 cm³/mol. The predicted octanol–water partition coefficient (Wildman–Crippen LogP) is 3.00. The number of rotatable bonds is 7. The minimum absolute atomic E-state index is 0.173. The van der Waals surface area contributed by atoms with Crippen molar-refractivity contribution in [2.45, 2.75) is 51.8 Å². The smallest absolute Gasteiger partial charge is 0.274 e. The molecular weight excluding hydrogens is 410 g/mol. The van der Waals surface area contributed by atoms with E-state index in [2.05, 4.69) is 15.4 Å². The van der Waals surface area contributed by atoms with E-state index in [0.29, 0.717) is 11.6 Å². The van der Waals surface area contributed by atoms with Gasteiger partial charge in [-0.25, -0.2) is 0 Å².